The van der Waals surface area contributed by atoms with Crippen molar-refractivity contribution < 1.29 is 0 Å². The summed E-state index contributed by atoms with van der Waals surface area (Å²) in [5.41, 5.74) is 8.39. The summed E-state index contributed by atoms with van der Waals surface area (Å²) in [6.45, 7) is 0. The fourth-order valence-corrected chi connectivity index (χ4v) is 10.7. The van der Waals surface area contributed by atoms with E-state index in [0.29, 0.717) is 17.5 Å². The van der Waals surface area contributed by atoms with Gasteiger partial charge in [-0.2, -0.15) is 0 Å². The number of benzene rings is 11. The zero-order valence-corrected chi connectivity index (χ0v) is 35.1. The Hall–Kier alpha value is -8.73. The van der Waals surface area contributed by atoms with E-state index in [1.807, 2.05) is 18.2 Å². The lowest BCUT2D eigenvalue weighted by molar-refractivity contribution is 1.07. The first-order valence-electron chi connectivity index (χ1n) is 22.2. The first kappa shape index (κ1) is 35.8. The van der Waals surface area contributed by atoms with E-state index in [0.717, 1.165) is 49.9 Å². The molecule has 0 atom stereocenters. The molecule has 0 aliphatic heterocycles. The van der Waals surface area contributed by atoms with E-state index in [-0.39, 0.29) is 0 Å². The zero-order chi connectivity index (χ0) is 42.6. The minimum absolute atomic E-state index is 0.626. The summed E-state index contributed by atoms with van der Waals surface area (Å²) >= 11 is 0. The Morgan fingerprint density at radius 2 is 0.754 bits per heavy atom. The number of rotatable bonds is 5. The average molecular weight is 825 g/mol. The van der Waals surface area contributed by atoms with Gasteiger partial charge in [-0.1, -0.05) is 170 Å². The fourth-order valence-electron chi connectivity index (χ4n) is 10.7. The minimum atomic E-state index is 0.626. The minimum Gasteiger partial charge on any atom is -0.309 e. The van der Waals surface area contributed by atoms with Gasteiger partial charge in [0.25, 0.3) is 0 Å². The highest BCUT2D eigenvalue weighted by molar-refractivity contribution is 6.37. The highest BCUT2D eigenvalue weighted by Gasteiger charge is 2.21. The Morgan fingerprint density at radius 1 is 0.262 bits per heavy atom. The van der Waals surface area contributed by atoms with E-state index in [1.165, 1.54) is 70.0 Å². The number of fused-ring (bicyclic) bond motifs is 5. The second-order valence-corrected chi connectivity index (χ2v) is 17.1. The summed E-state index contributed by atoms with van der Waals surface area (Å²) in [6.07, 6.45) is 0. The summed E-state index contributed by atoms with van der Waals surface area (Å²) in [5.74, 6) is 1.88. The molecule has 0 saturated heterocycles. The predicted octanol–water partition coefficient (Wildman–Crippen LogP) is 16.0. The Kier molecular flexibility index (Phi) is 7.65. The highest BCUT2D eigenvalue weighted by atomic mass is 15.0. The number of hydrogen-bond acceptors (Lipinski definition) is 3. The van der Waals surface area contributed by atoms with Gasteiger partial charge in [0.05, 0.1) is 11.0 Å². The van der Waals surface area contributed by atoms with E-state index in [9.17, 15) is 0 Å². The van der Waals surface area contributed by atoms with Crippen molar-refractivity contribution in [2.75, 3.05) is 0 Å². The summed E-state index contributed by atoms with van der Waals surface area (Å²) in [5, 5.41) is 17.4. The molecule has 0 saturated carbocycles. The largest absolute Gasteiger partial charge is 0.309 e. The molecule has 65 heavy (non-hydrogen) atoms. The monoisotopic (exact) mass is 824 g/mol. The SMILES string of the molecule is c1ccc(-c2nc(-c3ccc4c(c3)c3ccccc3n4-c3ccccc3)nc(-c3ccccc3-c3cc4ccc5cccc6c7cccc8ccc9cccc(c(c3)c4c56)c9c87)n2)cc1. The molecule has 300 valence electrons. The molecule has 0 spiro atoms. The van der Waals surface area contributed by atoms with Crippen LogP contribution >= 0.6 is 0 Å². The summed E-state index contributed by atoms with van der Waals surface area (Å²) < 4.78 is 2.34. The van der Waals surface area contributed by atoms with Gasteiger partial charge in [0.15, 0.2) is 17.5 Å². The van der Waals surface area contributed by atoms with Gasteiger partial charge >= 0.3 is 0 Å². The molecule has 12 aromatic carbocycles. The second kappa shape index (κ2) is 13.9. The van der Waals surface area contributed by atoms with Crippen LogP contribution < -0.4 is 0 Å². The van der Waals surface area contributed by atoms with Crippen molar-refractivity contribution in [3.05, 3.63) is 218 Å². The molecule has 14 aromatic rings. The van der Waals surface area contributed by atoms with E-state index >= 15 is 0 Å². The Labute approximate surface area is 373 Å². The maximum absolute atomic E-state index is 5.37. The van der Waals surface area contributed by atoms with Gasteiger partial charge in [-0.3, -0.25) is 0 Å². The van der Waals surface area contributed by atoms with Crippen molar-refractivity contribution >= 4 is 86.4 Å². The third-order valence-electron chi connectivity index (χ3n) is 13.5. The topological polar surface area (TPSA) is 43.6 Å². The quantitative estimate of drug-likeness (QED) is 0.162. The van der Waals surface area contributed by atoms with Crippen LogP contribution in [0.4, 0.5) is 0 Å². The van der Waals surface area contributed by atoms with Gasteiger partial charge in [-0.25, -0.2) is 15.0 Å². The smallest absolute Gasteiger partial charge is 0.164 e. The molecule has 0 aliphatic rings. The Balaban J connectivity index is 1.03. The Bertz CT molecular complexity index is 4220. The highest BCUT2D eigenvalue weighted by Crippen LogP contribution is 2.45. The predicted molar refractivity (Wildman–Crippen MR) is 272 cm³/mol. The maximum Gasteiger partial charge on any atom is 0.164 e. The normalized spacial score (nSPS) is 12.0. The van der Waals surface area contributed by atoms with Crippen molar-refractivity contribution in [3.63, 3.8) is 0 Å². The first-order valence-corrected chi connectivity index (χ1v) is 22.2. The molecule has 4 heteroatoms. The molecular formula is C61H36N4. The van der Waals surface area contributed by atoms with E-state index < -0.39 is 0 Å². The molecule has 2 aromatic heterocycles. The lowest BCUT2D eigenvalue weighted by atomic mass is 9.86. The van der Waals surface area contributed by atoms with Gasteiger partial charge in [0.1, 0.15) is 0 Å². The van der Waals surface area contributed by atoms with Crippen LogP contribution in [0.3, 0.4) is 0 Å². The lowest BCUT2D eigenvalue weighted by Gasteiger charge is -2.18. The molecule has 0 N–H and O–H groups in total. The molecule has 4 nitrogen and oxygen atoms in total. The summed E-state index contributed by atoms with van der Waals surface area (Å²) in [7, 11) is 0. The fraction of sp³-hybridized carbons (Fsp3) is 0. The van der Waals surface area contributed by atoms with Gasteiger partial charge in [0.2, 0.25) is 0 Å². The van der Waals surface area contributed by atoms with Crippen molar-refractivity contribution in [2.45, 2.75) is 0 Å². The van der Waals surface area contributed by atoms with Crippen LogP contribution in [-0.2, 0) is 0 Å². The van der Waals surface area contributed by atoms with E-state index in [1.54, 1.807) is 0 Å². The van der Waals surface area contributed by atoms with Crippen LogP contribution in [0.2, 0.25) is 0 Å². The van der Waals surface area contributed by atoms with Crippen LogP contribution in [0.25, 0.3) is 137 Å². The van der Waals surface area contributed by atoms with Crippen molar-refractivity contribution in [3.8, 4) is 51.0 Å². The average Bonchev–Trinajstić information content (AvgIpc) is 3.71. The standard InChI is InChI=1S/C61H36N4/c1-3-14-40(15-4-1)59-62-60(42-32-33-54-51(35-42)46-22-9-10-27-53(46)65(54)44-19-5-2-6-20-44)64-61(63-59)50-23-8-7-21-45(50)43-34-41-31-30-39-17-12-25-48-47-24-11-16-37-28-29-38-18-13-26-49(57(38)55(37)47)52(36-43)58(41)56(39)48/h1-36H. The Morgan fingerprint density at radius 3 is 1.45 bits per heavy atom. The maximum atomic E-state index is 5.37. The second-order valence-electron chi connectivity index (χ2n) is 17.1. The molecule has 0 radical (unpaired) electrons. The van der Waals surface area contributed by atoms with Crippen LogP contribution in [0, 0.1) is 0 Å². The molecule has 0 bridgehead atoms. The van der Waals surface area contributed by atoms with Crippen LogP contribution in [0.1, 0.15) is 0 Å². The lowest BCUT2D eigenvalue weighted by Crippen LogP contribution is -2.01. The zero-order valence-electron chi connectivity index (χ0n) is 35.1. The third kappa shape index (κ3) is 5.41. The molecular weight excluding hydrogens is 789 g/mol. The third-order valence-corrected chi connectivity index (χ3v) is 13.5. The number of hydrogen-bond donors (Lipinski definition) is 0. The molecule has 0 aliphatic carbocycles. The molecule has 14 rings (SSSR count). The number of para-hydroxylation sites is 2. The van der Waals surface area contributed by atoms with Crippen molar-refractivity contribution in [1.82, 2.24) is 19.5 Å². The van der Waals surface area contributed by atoms with E-state index in [4.69, 9.17) is 15.0 Å². The summed E-state index contributed by atoms with van der Waals surface area (Å²) in [4.78, 5) is 15.9. The van der Waals surface area contributed by atoms with Gasteiger partial charge in [-0.15, -0.1) is 0 Å². The van der Waals surface area contributed by atoms with Crippen molar-refractivity contribution in [1.29, 1.82) is 0 Å². The number of nitrogens with zero attached hydrogens (tertiary/aromatic N) is 4. The van der Waals surface area contributed by atoms with Gasteiger partial charge < -0.3 is 4.57 Å². The molecule has 0 amide bonds. The van der Waals surface area contributed by atoms with Crippen LogP contribution in [0.15, 0.2) is 218 Å². The van der Waals surface area contributed by atoms with Gasteiger partial charge in [0, 0.05) is 33.2 Å². The first-order chi connectivity index (χ1) is 32.2. The molecule has 0 fully saturated rings. The number of aromatic nitrogens is 4. The molecule has 2 heterocycles. The van der Waals surface area contributed by atoms with Gasteiger partial charge in [-0.05, 0) is 124 Å². The van der Waals surface area contributed by atoms with Crippen molar-refractivity contribution in [2.24, 2.45) is 0 Å². The van der Waals surface area contributed by atoms with E-state index in [2.05, 4.69) is 205 Å². The van der Waals surface area contributed by atoms with Crippen LogP contribution in [-0.4, -0.2) is 19.5 Å². The molecule has 0 unspecified atom stereocenters. The van der Waals surface area contributed by atoms with Crippen LogP contribution in [0.5, 0.6) is 0 Å². The summed E-state index contributed by atoms with van der Waals surface area (Å²) in [6, 6.07) is 78.8.